The van der Waals surface area contributed by atoms with Gasteiger partial charge in [-0.2, -0.15) is 5.10 Å². The van der Waals surface area contributed by atoms with Gasteiger partial charge in [-0.1, -0.05) is 28.1 Å². The van der Waals surface area contributed by atoms with Crippen LogP contribution < -0.4 is 5.43 Å². The maximum Gasteiger partial charge on any atom is 0.254 e. The average Bonchev–Trinajstić information content (AvgIpc) is 3.05. The zero-order valence-electron chi connectivity index (χ0n) is 13.1. The molecule has 0 saturated carbocycles. The van der Waals surface area contributed by atoms with Gasteiger partial charge in [0.2, 0.25) is 0 Å². The molecule has 1 amide bonds. The van der Waals surface area contributed by atoms with Crippen LogP contribution in [0.5, 0.6) is 0 Å². The number of hydrogen-bond donors (Lipinski definition) is 1. The van der Waals surface area contributed by atoms with Crippen LogP contribution in [0.3, 0.4) is 0 Å². The van der Waals surface area contributed by atoms with Crippen LogP contribution in [0.1, 0.15) is 5.76 Å². The van der Waals surface area contributed by atoms with Crippen LogP contribution in [-0.2, 0) is 9.53 Å². The Morgan fingerprint density at radius 2 is 1.96 bits per heavy atom. The van der Waals surface area contributed by atoms with E-state index in [1.807, 2.05) is 41.3 Å². The minimum Gasteiger partial charge on any atom is -0.455 e. The molecule has 0 spiro atoms. The molecule has 0 atom stereocenters. The Kier molecular flexibility index (Phi) is 5.79. The van der Waals surface area contributed by atoms with E-state index in [4.69, 9.17) is 9.15 Å². The van der Waals surface area contributed by atoms with E-state index in [1.54, 1.807) is 0 Å². The first-order valence-electron chi connectivity index (χ1n) is 7.68. The molecule has 1 aromatic carbocycles. The summed E-state index contributed by atoms with van der Waals surface area (Å²) in [6.07, 6.45) is 1.50. The smallest absolute Gasteiger partial charge is 0.254 e. The molecule has 6 nitrogen and oxygen atoms in total. The Morgan fingerprint density at radius 1 is 1.21 bits per heavy atom. The van der Waals surface area contributed by atoms with Gasteiger partial charge in [-0.3, -0.25) is 9.69 Å². The number of furan rings is 1. The number of rotatable bonds is 5. The molecule has 1 aliphatic rings. The summed E-state index contributed by atoms with van der Waals surface area (Å²) in [5.41, 5.74) is 3.50. The molecule has 0 aliphatic carbocycles. The lowest BCUT2D eigenvalue weighted by Gasteiger charge is -2.25. The van der Waals surface area contributed by atoms with Gasteiger partial charge in [0.05, 0.1) is 26.0 Å². The number of ether oxygens (including phenoxy) is 1. The Morgan fingerprint density at radius 3 is 2.71 bits per heavy atom. The first kappa shape index (κ1) is 16.9. The fourth-order valence-electron chi connectivity index (χ4n) is 2.36. The van der Waals surface area contributed by atoms with E-state index in [1.165, 1.54) is 6.21 Å². The van der Waals surface area contributed by atoms with Gasteiger partial charge in [-0.15, -0.1) is 0 Å². The normalized spacial score (nSPS) is 15.7. The van der Waals surface area contributed by atoms with E-state index < -0.39 is 0 Å². The van der Waals surface area contributed by atoms with Crippen molar-refractivity contribution in [3.05, 3.63) is 46.6 Å². The lowest BCUT2D eigenvalue weighted by atomic mass is 10.2. The first-order valence-corrected chi connectivity index (χ1v) is 8.48. The summed E-state index contributed by atoms with van der Waals surface area (Å²) < 4.78 is 12.0. The molecule has 1 N–H and O–H groups in total. The minimum atomic E-state index is -0.146. The number of morpholine rings is 1. The number of hydrogen-bond acceptors (Lipinski definition) is 5. The van der Waals surface area contributed by atoms with Crippen molar-refractivity contribution >= 4 is 28.1 Å². The zero-order valence-corrected chi connectivity index (χ0v) is 14.7. The van der Waals surface area contributed by atoms with Crippen molar-refractivity contribution < 1.29 is 13.9 Å². The monoisotopic (exact) mass is 391 g/mol. The predicted molar refractivity (Wildman–Crippen MR) is 94.8 cm³/mol. The number of carbonyl (C=O) groups is 1. The third-order valence-electron chi connectivity index (χ3n) is 3.61. The van der Waals surface area contributed by atoms with Crippen LogP contribution in [0.2, 0.25) is 0 Å². The van der Waals surface area contributed by atoms with Gasteiger partial charge in [0.15, 0.2) is 0 Å². The van der Waals surface area contributed by atoms with Gasteiger partial charge in [0.1, 0.15) is 11.5 Å². The van der Waals surface area contributed by atoms with E-state index in [-0.39, 0.29) is 5.91 Å². The van der Waals surface area contributed by atoms with Gasteiger partial charge in [0, 0.05) is 23.1 Å². The summed E-state index contributed by atoms with van der Waals surface area (Å²) in [6.45, 7) is 3.20. The molecule has 7 heteroatoms. The van der Waals surface area contributed by atoms with Gasteiger partial charge in [-0.25, -0.2) is 5.43 Å². The van der Waals surface area contributed by atoms with Crippen molar-refractivity contribution in [2.24, 2.45) is 5.10 Å². The number of hydrazone groups is 1. The van der Waals surface area contributed by atoms with Crippen LogP contribution in [0, 0.1) is 0 Å². The zero-order chi connectivity index (χ0) is 16.8. The highest BCUT2D eigenvalue weighted by Crippen LogP contribution is 2.23. The number of halogens is 1. The van der Waals surface area contributed by atoms with Gasteiger partial charge in [-0.05, 0) is 24.3 Å². The van der Waals surface area contributed by atoms with Gasteiger partial charge < -0.3 is 9.15 Å². The summed E-state index contributed by atoms with van der Waals surface area (Å²) >= 11 is 3.40. The molecule has 3 rings (SSSR count). The number of benzene rings is 1. The number of nitrogens with zero attached hydrogens (tertiary/aromatic N) is 2. The quantitative estimate of drug-likeness (QED) is 0.627. The largest absolute Gasteiger partial charge is 0.455 e. The van der Waals surface area contributed by atoms with Crippen LogP contribution in [0.4, 0.5) is 0 Å². The third-order valence-corrected chi connectivity index (χ3v) is 4.14. The van der Waals surface area contributed by atoms with E-state index >= 15 is 0 Å². The summed E-state index contributed by atoms with van der Waals surface area (Å²) in [6, 6.07) is 11.5. The molecule has 24 heavy (non-hydrogen) atoms. The highest BCUT2D eigenvalue weighted by atomic mass is 79.9. The highest BCUT2D eigenvalue weighted by molar-refractivity contribution is 9.10. The maximum absolute atomic E-state index is 11.8. The molecule has 1 aliphatic heterocycles. The van der Waals surface area contributed by atoms with E-state index in [0.717, 1.165) is 28.9 Å². The molecule has 126 valence electrons. The summed E-state index contributed by atoms with van der Waals surface area (Å²) in [5.74, 6) is 1.19. The second-order valence-electron chi connectivity index (χ2n) is 5.39. The van der Waals surface area contributed by atoms with Crippen molar-refractivity contribution in [2.45, 2.75) is 0 Å². The van der Waals surface area contributed by atoms with Crippen LogP contribution >= 0.6 is 15.9 Å². The topological polar surface area (TPSA) is 67.1 Å². The number of nitrogens with one attached hydrogen (secondary N) is 1. The van der Waals surface area contributed by atoms with Crippen molar-refractivity contribution in [1.82, 2.24) is 10.3 Å². The second kappa shape index (κ2) is 8.23. The van der Waals surface area contributed by atoms with Gasteiger partial charge >= 0.3 is 0 Å². The fraction of sp³-hybridized carbons (Fsp3) is 0.294. The van der Waals surface area contributed by atoms with Crippen LogP contribution in [0.25, 0.3) is 11.3 Å². The van der Waals surface area contributed by atoms with Crippen molar-refractivity contribution in [2.75, 3.05) is 32.8 Å². The molecule has 1 saturated heterocycles. The molecule has 0 radical (unpaired) electrons. The Hall–Kier alpha value is -1.96. The maximum atomic E-state index is 11.8. The fourth-order valence-corrected chi connectivity index (χ4v) is 2.62. The molecular formula is C17H18BrN3O3. The van der Waals surface area contributed by atoms with E-state index in [2.05, 4.69) is 26.5 Å². The third kappa shape index (κ3) is 4.77. The van der Waals surface area contributed by atoms with Crippen molar-refractivity contribution in [3.8, 4) is 11.3 Å². The number of amides is 1. The van der Waals surface area contributed by atoms with E-state index in [0.29, 0.717) is 25.5 Å². The standard InChI is InChI=1S/C17H18BrN3O3/c18-14-3-1-13(2-4-14)16-6-5-15(24-16)11-19-20-17(22)12-21-7-9-23-10-8-21/h1-6,11H,7-10,12H2,(H,20,22)/b19-11+. The average molecular weight is 392 g/mol. The SMILES string of the molecule is O=C(CN1CCOCC1)N/N=C/c1ccc(-c2ccc(Br)cc2)o1. The van der Waals surface area contributed by atoms with E-state index in [9.17, 15) is 4.79 Å². The molecule has 1 aromatic heterocycles. The van der Waals surface area contributed by atoms with Gasteiger partial charge in [0.25, 0.3) is 5.91 Å². The highest BCUT2D eigenvalue weighted by Gasteiger charge is 2.13. The summed E-state index contributed by atoms with van der Waals surface area (Å²) in [5, 5.41) is 3.94. The van der Waals surface area contributed by atoms with Crippen LogP contribution in [0.15, 0.2) is 50.4 Å². The Bertz CT molecular complexity index is 706. The second-order valence-corrected chi connectivity index (χ2v) is 6.31. The summed E-state index contributed by atoms with van der Waals surface area (Å²) in [4.78, 5) is 13.9. The molecular weight excluding hydrogens is 374 g/mol. The molecule has 2 heterocycles. The summed E-state index contributed by atoms with van der Waals surface area (Å²) in [7, 11) is 0. The Balaban J connectivity index is 1.51. The molecule has 1 fully saturated rings. The molecule has 0 unspecified atom stereocenters. The Labute approximate surface area is 148 Å². The molecule has 0 bridgehead atoms. The predicted octanol–water partition coefficient (Wildman–Crippen LogP) is 2.49. The first-order chi connectivity index (χ1) is 11.7. The lowest BCUT2D eigenvalue weighted by molar-refractivity contribution is -0.123. The van der Waals surface area contributed by atoms with Crippen molar-refractivity contribution in [3.63, 3.8) is 0 Å². The number of carbonyl (C=O) groups excluding carboxylic acids is 1. The minimum absolute atomic E-state index is 0.146. The van der Waals surface area contributed by atoms with Crippen molar-refractivity contribution in [1.29, 1.82) is 0 Å². The molecule has 2 aromatic rings. The lowest BCUT2D eigenvalue weighted by Crippen LogP contribution is -2.42. The van der Waals surface area contributed by atoms with Crippen LogP contribution in [-0.4, -0.2) is 49.9 Å².